The molecule has 0 amide bonds. The van der Waals surface area contributed by atoms with Crippen LogP contribution in [0.15, 0.2) is 12.1 Å². The summed E-state index contributed by atoms with van der Waals surface area (Å²) < 4.78 is 0. The normalized spacial score (nSPS) is 11.1. The molecule has 1 aromatic rings. The third-order valence-electron chi connectivity index (χ3n) is 3.10. The summed E-state index contributed by atoms with van der Waals surface area (Å²) in [6.07, 6.45) is 6.09. The summed E-state index contributed by atoms with van der Waals surface area (Å²) >= 11 is 0. The molecule has 0 saturated heterocycles. The van der Waals surface area contributed by atoms with E-state index in [2.05, 4.69) is 39.8 Å². The Hall–Kier alpha value is -0.850. The van der Waals surface area contributed by atoms with Gasteiger partial charge >= 0.3 is 0 Å². The summed E-state index contributed by atoms with van der Waals surface area (Å²) in [5.41, 5.74) is 3.92. The van der Waals surface area contributed by atoms with Crippen LogP contribution in [0.25, 0.3) is 0 Å². The third kappa shape index (κ3) is 3.62. The van der Waals surface area contributed by atoms with E-state index in [1.165, 1.54) is 42.6 Å². The predicted molar refractivity (Wildman–Crippen MR) is 70.9 cm³/mol. The van der Waals surface area contributed by atoms with Gasteiger partial charge in [0.1, 0.15) is 0 Å². The Morgan fingerprint density at radius 1 is 1.06 bits per heavy atom. The van der Waals surface area contributed by atoms with Crippen LogP contribution in [0.3, 0.4) is 0 Å². The number of pyridine rings is 1. The SMILES string of the molecule is CCCC(CCC)c1cc(C)cc(CC)n1. The lowest BCUT2D eigenvalue weighted by atomic mass is 9.93. The van der Waals surface area contributed by atoms with Gasteiger partial charge in [0.25, 0.3) is 0 Å². The first-order chi connectivity index (χ1) is 7.71. The molecule has 1 heterocycles. The Morgan fingerprint density at radius 2 is 1.69 bits per heavy atom. The van der Waals surface area contributed by atoms with Gasteiger partial charge in [-0.3, -0.25) is 4.98 Å². The zero-order valence-electron chi connectivity index (χ0n) is 11.2. The van der Waals surface area contributed by atoms with Crippen molar-refractivity contribution in [2.45, 2.75) is 65.7 Å². The highest BCUT2D eigenvalue weighted by Gasteiger charge is 2.12. The molecule has 0 bridgehead atoms. The van der Waals surface area contributed by atoms with Crippen molar-refractivity contribution in [3.63, 3.8) is 0 Å². The summed E-state index contributed by atoms with van der Waals surface area (Å²) in [6.45, 7) is 8.89. The van der Waals surface area contributed by atoms with Crippen LogP contribution in [0, 0.1) is 6.92 Å². The molecule has 90 valence electrons. The molecule has 0 spiro atoms. The van der Waals surface area contributed by atoms with Gasteiger partial charge in [0, 0.05) is 17.3 Å². The highest BCUT2D eigenvalue weighted by molar-refractivity contribution is 5.22. The maximum absolute atomic E-state index is 4.79. The third-order valence-corrected chi connectivity index (χ3v) is 3.10. The number of aromatic nitrogens is 1. The summed E-state index contributed by atoms with van der Waals surface area (Å²) in [6, 6.07) is 4.48. The van der Waals surface area contributed by atoms with E-state index in [4.69, 9.17) is 4.98 Å². The first-order valence-electron chi connectivity index (χ1n) is 6.68. The minimum Gasteiger partial charge on any atom is -0.258 e. The lowest BCUT2D eigenvalue weighted by molar-refractivity contribution is 0.546. The van der Waals surface area contributed by atoms with Gasteiger partial charge < -0.3 is 0 Å². The van der Waals surface area contributed by atoms with Gasteiger partial charge in [-0.05, 0) is 43.9 Å². The van der Waals surface area contributed by atoms with Crippen molar-refractivity contribution in [2.24, 2.45) is 0 Å². The molecule has 0 unspecified atom stereocenters. The second kappa shape index (κ2) is 6.67. The lowest BCUT2D eigenvalue weighted by Gasteiger charge is -2.16. The fraction of sp³-hybridized carbons (Fsp3) is 0.667. The molecule has 0 fully saturated rings. The van der Waals surface area contributed by atoms with Gasteiger partial charge in [-0.25, -0.2) is 0 Å². The summed E-state index contributed by atoms with van der Waals surface area (Å²) in [5, 5.41) is 0. The van der Waals surface area contributed by atoms with Gasteiger partial charge in [0.15, 0.2) is 0 Å². The van der Waals surface area contributed by atoms with Crippen LogP contribution in [-0.2, 0) is 6.42 Å². The highest BCUT2D eigenvalue weighted by atomic mass is 14.7. The first-order valence-corrected chi connectivity index (χ1v) is 6.68. The first kappa shape index (κ1) is 13.2. The molecule has 0 atom stereocenters. The summed E-state index contributed by atoms with van der Waals surface area (Å²) in [4.78, 5) is 4.79. The second-order valence-corrected chi connectivity index (χ2v) is 4.69. The molecule has 0 aliphatic rings. The predicted octanol–water partition coefficient (Wildman–Crippen LogP) is 4.64. The quantitative estimate of drug-likeness (QED) is 0.679. The average molecular weight is 219 g/mol. The Bertz CT molecular complexity index is 311. The molecular formula is C15H25N. The van der Waals surface area contributed by atoms with Crippen molar-refractivity contribution in [1.29, 1.82) is 0 Å². The van der Waals surface area contributed by atoms with E-state index < -0.39 is 0 Å². The minimum atomic E-state index is 0.667. The molecule has 16 heavy (non-hydrogen) atoms. The number of aryl methyl sites for hydroxylation is 2. The number of hydrogen-bond donors (Lipinski definition) is 0. The van der Waals surface area contributed by atoms with Crippen LogP contribution in [0.5, 0.6) is 0 Å². The average Bonchev–Trinajstić information content (AvgIpc) is 2.28. The van der Waals surface area contributed by atoms with Gasteiger partial charge in [-0.2, -0.15) is 0 Å². The molecular weight excluding hydrogens is 194 g/mol. The number of nitrogens with zero attached hydrogens (tertiary/aromatic N) is 1. The van der Waals surface area contributed by atoms with Crippen molar-refractivity contribution < 1.29 is 0 Å². The van der Waals surface area contributed by atoms with Crippen molar-refractivity contribution in [3.05, 3.63) is 29.1 Å². The van der Waals surface area contributed by atoms with Crippen molar-refractivity contribution >= 4 is 0 Å². The standard InChI is InChI=1S/C15H25N/c1-5-8-13(9-6-2)15-11-12(4)10-14(7-3)16-15/h10-11,13H,5-9H2,1-4H3. The summed E-state index contributed by atoms with van der Waals surface area (Å²) in [5.74, 6) is 0.667. The molecule has 0 aromatic carbocycles. The molecule has 0 N–H and O–H groups in total. The monoisotopic (exact) mass is 219 g/mol. The van der Waals surface area contributed by atoms with Crippen LogP contribution in [0.1, 0.15) is 69.3 Å². The molecule has 0 radical (unpaired) electrons. The molecule has 1 nitrogen and oxygen atoms in total. The van der Waals surface area contributed by atoms with Crippen LogP contribution in [-0.4, -0.2) is 4.98 Å². The van der Waals surface area contributed by atoms with E-state index >= 15 is 0 Å². The minimum absolute atomic E-state index is 0.667. The maximum atomic E-state index is 4.79. The molecule has 0 aliphatic carbocycles. The van der Waals surface area contributed by atoms with E-state index in [-0.39, 0.29) is 0 Å². The molecule has 0 saturated carbocycles. The van der Waals surface area contributed by atoms with E-state index in [0.717, 1.165) is 6.42 Å². The van der Waals surface area contributed by atoms with E-state index in [9.17, 15) is 0 Å². The topological polar surface area (TPSA) is 12.9 Å². The number of hydrogen-bond acceptors (Lipinski definition) is 1. The Morgan fingerprint density at radius 3 is 2.19 bits per heavy atom. The van der Waals surface area contributed by atoms with Crippen molar-refractivity contribution in [3.8, 4) is 0 Å². The van der Waals surface area contributed by atoms with E-state index in [0.29, 0.717) is 5.92 Å². The largest absolute Gasteiger partial charge is 0.258 e. The number of rotatable bonds is 6. The fourth-order valence-electron chi connectivity index (χ4n) is 2.30. The van der Waals surface area contributed by atoms with Gasteiger partial charge in [0.2, 0.25) is 0 Å². The van der Waals surface area contributed by atoms with Crippen LogP contribution in [0.4, 0.5) is 0 Å². The Kier molecular flexibility index (Phi) is 5.51. The van der Waals surface area contributed by atoms with Gasteiger partial charge in [0.05, 0.1) is 0 Å². The van der Waals surface area contributed by atoms with Crippen LogP contribution >= 0.6 is 0 Å². The maximum Gasteiger partial charge on any atom is 0.0440 e. The molecule has 0 aliphatic heterocycles. The smallest absolute Gasteiger partial charge is 0.0440 e. The van der Waals surface area contributed by atoms with Crippen LogP contribution in [0.2, 0.25) is 0 Å². The summed E-state index contributed by atoms with van der Waals surface area (Å²) in [7, 11) is 0. The van der Waals surface area contributed by atoms with E-state index in [1.807, 2.05) is 0 Å². The zero-order valence-corrected chi connectivity index (χ0v) is 11.2. The van der Waals surface area contributed by atoms with E-state index in [1.54, 1.807) is 0 Å². The molecule has 1 heteroatoms. The fourth-order valence-corrected chi connectivity index (χ4v) is 2.30. The van der Waals surface area contributed by atoms with Crippen LogP contribution < -0.4 is 0 Å². The van der Waals surface area contributed by atoms with Crippen molar-refractivity contribution in [2.75, 3.05) is 0 Å². The second-order valence-electron chi connectivity index (χ2n) is 4.69. The Balaban J connectivity index is 2.93. The zero-order chi connectivity index (χ0) is 12.0. The lowest BCUT2D eigenvalue weighted by Crippen LogP contribution is -2.04. The highest BCUT2D eigenvalue weighted by Crippen LogP contribution is 2.25. The van der Waals surface area contributed by atoms with Crippen molar-refractivity contribution in [1.82, 2.24) is 4.98 Å². The van der Waals surface area contributed by atoms with Gasteiger partial charge in [-0.1, -0.05) is 33.6 Å². The molecule has 1 aromatic heterocycles. The Labute approximate surface area is 100 Å². The van der Waals surface area contributed by atoms with Gasteiger partial charge in [-0.15, -0.1) is 0 Å². The molecule has 1 rings (SSSR count).